The van der Waals surface area contributed by atoms with Crippen molar-refractivity contribution in [3.63, 3.8) is 0 Å². The molecule has 0 saturated carbocycles. The Morgan fingerprint density at radius 2 is 2.47 bits per heavy atom. The van der Waals surface area contributed by atoms with E-state index in [0.717, 1.165) is 12.8 Å². The maximum Gasteiger partial charge on any atom is 0.304 e. The molecular formula is C11H17NO2S. The molecule has 0 aliphatic rings. The van der Waals surface area contributed by atoms with Gasteiger partial charge in [-0.2, -0.15) is 0 Å². The highest BCUT2D eigenvalue weighted by Crippen LogP contribution is 2.22. The number of hydrogen-bond donors (Lipinski definition) is 2. The molecule has 0 amide bonds. The van der Waals surface area contributed by atoms with Gasteiger partial charge in [0.2, 0.25) is 0 Å². The van der Waals surface area contributed by atoms with Crippen molar-refractivity contribution in [3.05, 3.63) is 22.4 Å². The van der Waals surface area contributed by atoms with Crippen LogP contribution in [0.25, 0.3) is 0 Å². The van der Waals surface area contributed by atoms with E-state index >= 15 is 0 Å². The van der Waals surface area contributed by atoms with Gasteiger partial charge in [-0.05, 0) is 17.9 Å². The van der Waals surface area contributed by atoms with Crippen LogP contribution in [0.15, 0.2) is 17.5 Å². The zero-order valence-electron chi connectivity index (χ0n) is 8.90. The number of nitrogens with one attached hydrogen (secondary N) is 1. The van der Waals surface area contributed by atoms with Gasteiger partial charge in [0.15, 0.2) is 0 Å². The molecule has 0 aliphatic carbocycles. The molecule has 0 spiro atoms. The summed E-state index contributed by atoms with van der Waals surface area (Å²) in [6.45, 7) is 2.68. The van der Waals surface area contributed by atoms with Gasteiger partial charge in [-0.3, -0.25) is 4.79 Å². The third kappa shape index (κ3) is 4.44. The summed E-state index contributed by atoms with van der Waals surface area (Å²) in [5.74, 6) is -0.746. The minimum Gasteiger partial charge on any atom is -0.481 e. The Labute approximate surface area is 94.1 Å². The van der Waals surface area contributed by atoms with Gasteiger partial charge < -0.3 is 10.4 Å². The van der Waals surface area contributed by atoms with E-state index in [4.69, 9.17) is 5.11 Å². The van der Waals surface area contributed by atoms with Crippen LogP contribution in [0.1, 0.15) is 37.1 Å². The molecule has 1 aromatic heterocycles. The Bertz CT molecular complexity index is 285. The lowest BCUT2D eigenvalue weighted by atomic mass is 10.1. The monoisotopic (exact) mass is 227 g/mol. The molecule has 0 aromatic carbocycles. The molecule has 2 N–H and O–H groups in total. The molecule has 0 bridgehead atoms. The molecule has 4 heteroatoms. The normalized spacial score (nSPS) is 12.6. The first-order chi connectivity index (χ1) is 7.24. The smallest absolute Gasteiger partial charge is 0.304 e. The highest BCUT2D eigenvalue weighted by molar-refractivity contribution is 7.10. The number of thiophene rings is 1. The predicted molar refractivity (Wildman–Crippen MR) is 62.2 cm³/mol. The van der Waals surface area contributed by atoms with Crippen LogP contribution in [-0.2, 0) is 4.79 Å². The van der Waals surface area contributed by atoms with Crippen LogP contribution in [0.2, 0.25) is 0 Å². The van der Waals surface area contributed by atoms with Crippen LogP contribution in [0.4, 0.5) is 0 Å². The van der Waals surface area contributed by atoms with Crippen molar-refractivity contribution in [2.75, 3.05) is 6.54 Å². The topological polar surface area (TPSA) is 49.3 Å². The summed E-state index contributed by atoms with van der Waals surface area (Å²) in [4.78, 5) is 11.7. The molecule has 0 radical (unpaired) electrons. The number of rotatable bonds is 7. The zero-order valence-corrected chi connectivity index (χ0v) is 9.72. The number of carboxylic acids is 1. The van der Waals surface area contributed by atoms with Crippen molar-refractivity contribution in [2.45, 2.75) is 32.2 Å². The van der Waals surface area contributed by atoms with Gasteiger partial charge in [0.25, 0.3) is 0 Å². The van der Waals surface area contributed by atoms with E-state index in [1.165, 1.54) is 4.88 Å². The van der Waals surface area contributed by atoms with Crippen LogP contribution in [0.5, 0.6) is 0 Å². The van der Waals surface area contributed by atoms with Crippen LogP contribution in [-0.4, -0.2) is 17.6 Å². The van der Waals surface area contributed by atoms with E-state index in [9.17, 15) is 4.79 Å². The predicted octanol–water partition coefficient (Wildman–Crippen LogP) is 2.65. The van der Waals surface area contributed by atoms with Gasteiger partial charge in [-0.25, -0.2) is 0 Å². The first kappa shape index (κ1) is 12.2. The van der Waals surface area contributed by atoms with Crippen molar-refractivity contribution >= 4 is 17.3 Å². The standard InChI is InChI=1S/C11H17NO2S/c1-2-4-9(10-5-3-8-15-10)12-7-6-11(13)14/h3,5,8-9,12H,2,4,6-7H2,1H3,(H,13,14). The SMILES string of the molecule is CCCC(NCCC(=O)O)c1cccs1. The van der Waals surface area contributed by atoms with Crippen molar-refractivity contribution in [3.8, 4) is 0 Å². The average molecular weight is 227 g/mol. The van der Waals surface area contributed by atoms with E-state index < -0.39 is 5.97 Å². The van der Waals surface area contributed by atoms with Gasteiger partial charge in [0, 0.05) is 17.5 Å². The Morgan fingerprint density at radius 3 is 3.00 bits per heavy atom. The summed E-state index contributed by atoms with van der Waals surface area (Å²) >= 11 is 1.72. The largest absolute Gasteiger partial charge is 0.481 e. The quantitative estimate of drug-likeness (QED) is 0.753. The third-order valence-corrected chi connectivity index (χ3v) is 3.18. The maximum atomic E-state index is 10.4. The molecule has 15 heavy (non-hydrogen) atoms. The minimum absolute atomic E-state index is 0.186. The fraction of sp³-hybridized carbons (Fsp3) is 0.545. The summed E-state index contributed by atoms with van der Waals surface area (Å²) in [6, 6.07) is 4.44. The van der Waals surface area contributed by atoms with Crippen molar-refractivity contribution < 1.29 is 9.90 Å². The summed E-state index contributed by atoms with van der Waals surface area (Å²) < 4.78 is 0. The zero-order chi connectivity index (χ0) is 11.1. The summed E-state index contributed by atoms with van der Waals surface area (Å²) in [5.41, 5.74) is 0. The van der Waals surface area contributed by atoms with Crippen molar-refractivity contribution in [1.82, 2.24) is 5.32 Å². The first-order valence-electron chi connectivity index (χ1n) is 5.22. The Morgan fingerprint density at radius 1 is 1.67 bits per heavy atom. The molecule has 1 unspecified atom stereocenters. The fourth-order valence-corrected chi connectivity index (χ4v) is 2.31. The molecule has 1 heterocycles. The van der Waals surface area contributed by atoms with Gasteiger partial charge in [-0.15, -0.1) is 11.3 Å². The van der Waals surface area contributed by atoms with Crippen molar-refractivity contribution in [2.24, 2.45) is 0 Å². The Kier molecular flexibility index (Phi) is 5.36. The van der Waals surface area contributed by atoms with Gasteiger partial charge >= 0.3 is 5.97 Å². The number of carbonyl (C=O) groups is 1. The van der Waals surface area contributed by atoms with Crippen LogP contribution in [0.3, 0.4) is 0 Å². The minimum atomic E-state index is -0.746. The molecule has 0 saturated heterocycles. The molecule has 0 aliphatic heterocycles. The van der Waals surface area contributed by atoms with Gasteiger partial charge in [0.1, 0.15) is 0 Å². The molecule has 3 nitrogen and oxygen atoms in total. The third-order valence-electron chi connectivity index (χ3n) is 2.19. The lowest BCUT2D eigenvalue weighted by molar-refractivity contribution is -0.136. The van der Waals surface area contributed by atoms with E-state index in [1.807, 2.05) is 6.07 Å². The van der Waals surface area contributed by atoms with Crippen LogP contribution in [0, 0.1) is 0 Å². The lowest BCUT2D eigenvalue weighted by Gasteiger charge is -2.15. The summed E-state index contributed by atoms with van der Waals surface area (Å²) in [5, 5.41) is 13.9. The fourth-order valence-electron chi connectivity index (χ4n) is 1.48. The van der Waals surface area contributed by atoms with Gasteiger partial charge in [0.05, 0.1) is 6.42 Å². The Balaban J connectivity index is 2.41. The molecule has 0 fully saturated rings. The Hall–Kier alpha value is -0.870. The van der Waals surface area contributed by atoms with Crippen LogP contribution >= 0.6 is 11.3 Å². The highest BCUT2D eigenvalue weighted by Gasteiger charge is 2.10. The number of carboxylic acid groups (broad SMARTS) is 1. The van der Waals surface area contributed by atoms with Gasteiger partial charge in [-0.1, -0.05) is 19.4 Å². The summed E-state index contributed by atoms with van der Waals surface area (Å²) in [6.07, 6.45) is 2.34. The van der Waals surface area contributed by atoms with E-state index in [0.29, 0.717) is 12.6 Å². The maximum absolute atomic E-state index is 10.4. The van der Waals surface area contributed by atoms with Crippen LogP contribution < -0.4 is 5.32 Å². The highest BCUT2D eigenvalue weighted by atomic mass is 32.1. The average Bonchev–Trinajstić information content (AvgIpc) is 2.68. The molecule has 84 valence electrons. The van der Waals surface area contributed by atoms with E-state index in [1.54, 1.807) is 11.3 Å². The number of aliphatic carboxylic acids is 1. The first-order valence-corrected chi connectivity index (χ1v) is 6.10. The van der Waals surface area contributed by atoms with E-state index in [2.05, 4.69) is 23.7 Å². The lowest BCUT2D eigenvalue weighted by Crippen LogP contribution is -2.23. The second kappa shape index (κ2) is 6.58. The van der Waals surface area contributed by atoms with Crippen molar-refractivity contribution in [1.29, 1.82) is 0 Å². The second-order valence-corrected chi connectivity index (χ2v) is 4.43. The molecule has 1 aromatic rings. The second-order valence-electron chi connectivity index (χ2n) is 3.45. The molecule has 1 atom stereocenters. The molecule has 1 rings (SSSR count). The number of hydrogen-bond acceptors (Lipinski definition) is 3. The molecular weight excluding hydrogens is 210 g/mol. The summed E-state index contributed by atoms with van der Waals surface area (Å²) in [7, 11) is 0. The van der Waals surface area contributed by atoms with E-state index in [-0.39, 0.29) is 6.42 Å².